The largest absolute Gasteiger partial charge is 0.481 e. The minimum atomic E-state index is -0.855. The number of rotatable bonds is 9. The molecule has 1 aromatic heterocycles. The number of carbonyl (C=O) groups excluding carboxylic acids is 1. The summed E-state index contributed by atoms with van der Waals surface area (Å²) in [5, 5.41) is 13.9. The highest BCUT2D eigenvalue weighted by Crippen LogP contribution is 2.46. The number of ether oxygens (including phenoxy) is 1. The number of hydrogen-bond donors (Lipinski definition) is 3. The Morgan fingerprint density at radius 3 is 2.27 bits per heavy atom. The minimum Gasteiger partial charge on any atom is -0.481 e. The smallest absolute Gasteiger partial charge is 0.309 e. The molecular formula is C24H37Cl2N7O4. The molecule has 1 aromatic rings. The lowest BCUT2D eigenvalue weighted by Crippen LogP contribution is -2.63. The van der Waals surface area contributed by atoms with Gasteiger partial charge in [-0.2, -0.15) is 9.97 Å². The van der Waals surface area contributed by atoms with Gasteiger partial charge in [0, 0.05) is 45.8 Å². The molecule has 1 aliphatic carbocycles. The summed E-state index contributed by atoms with van der Waals surface area (Å²) in [6.45, 7) is 8.60. The van der Waals surface area contributed by atoms with Crippen LogP contribution in [0.3, 0.4) is 0 Å². The summed E-state index contributed by atoms with van der Waals surface area (Å²) in [7, 11) is 0. The highest BCUT2D eigenvalue weighted by molar-refractivity contribution is 6.42. The summed E-state index contributed by atoms with van der Waals surface area (Å²) in [4.78, 5) is 40.2. The fourth-order valence-corrected chi connectivity index (χ4v) is 6.20. The summed E-state index contributed by atoms with van der Waals surface area (Å²) < 4.78 is 5.44. The van der Waals surface area contributed by atoms with E-state index >= 15 is 0 Å². The van der Waals surface area contributed by atoms with Gasteiger partial charge in [0.05, 0.1) is 18.6 Å². The number of carboxylic acid groups (broad SMARTS) is 1. The molecule has 3 heterocycles. The lowest BCUT2D eigenvalue weighted by atomic mass is 9.64. The average Bonchev–Trinajstić information content (AvgIpc) is 2.90. The van der Waals surface area contributed by atoms with Crippen molar-refractivity contribution in [2.24, 2.45) is 11.1 Å². The average molecular weight is 559 g/mol. The lowest BCUT2D eigenvalue weighted by Gasteiger charge is -2.49. The van der Waals surface area contributed by atoms with Crippen LogP contribution in [0.2, 0.25) is 10.2 Å². The van der Waals surface area contributed by atoms with Crippen molar-refractivity contribution < 1.29 is 19.4 Å². The van der Waals surface area contributed by atoms with Gasteiger partial charge in [-0.3, -0.25) is 19.4 Å². The predicted octanol–water partition coefficient (Wildman–Crippen LogP) is 1.93. The second-order valence-corrected chi connectivity index (χ2v) is 10.9. The molecule has 0 unspecified atom stereocenters. The third-order valence-electron chi connectivity index (χ3n) is 8.27. The number of anilines is 2. The molecule has 2 aliphatic heterocycles. The van der Waals surface area contributed by atoms with Gasteiger partial charge in [-0.15, -0.1) is 0 Å². The number of nitrogens with two attached hydrogens (primary N) is 1. The van der Waals surface area contributed by atoms with Crippen molar-refractivity contribution in [1.82, 2.24) is 19.8 Å². The molecule has 2 saturated heterocycles. The quantitative estimate of drug-likeness (QED) is 0.386. The van der Waals surface area contributed by atoms with E-state index in [0.717, 1.165) is 13.1 Å². The standard InChI is InChI=1S/C24H37Cl2N7O4/c1-2-28-22-29-18(26)17(25)19(30-22)32-11-9-31(10-12-32)8-7-23(21(35)36)3-5-24(6-4-23,20(27)34)33-13-15-37-16-14-33/h2-16H2,1H3,(H2,27,34)(H,35,36)(H,28,29,30). The summed E-state index contributed by atoms with van der Waals surface area (Å²) >= 11 is 12.6. The molecule has 0 radical (unpaired) electrons. The number of nitrogens with zero attached hydrogens (tertiary/aromatic N) is 5. The molecule has 3 fully saturated rings. The van der Waals surface area contributed by atoms with Crippen molar-refractivity contribution in [1.29, 1.82) is 0 Å². The van der Waals surface area contributed by atoms with E-state index in [-0.39, 0.29) is 11.1 Å². The van der Waals surface area contributed by atoms with E-state index in [1.165, 1.54) is 0 Å². The van der Waals surface area contributed by atoms with Crippen molar-refractivity contribution >= 4 is 46.8 Å². The van der Waals surface area contributed by atoms with Gasteiger partial charge in [0.2, 0.25) is 11.9 Å². The van der Waals surface area contributed by atoms with Crippen LogP contribution in [-0.4, -0.2) is 108 Å². The van der Waals surface area contributed by atoms with Gasteiger partial charge < -0.3 is 25.8 Å². The van der Waals surface area contributed by atoms with Gasteiger partial charge in [0.1, 0.15) is 10.6 Å². The highest BCUT2D eigenvalue weighted by atomic mass is 35.5. The number of hydrogen-bond acceptors (Lipinski definition) is 9. The number of nitrogens with one attached hydrogen (secondary N) is 1. The first kappa shape index (κ1) is 28.1. The van der Waals surface area contributed by atoms with Gasteiger partial charge in [-0.05, 0) is 45.6 Å². The van der Waals surface area contributed by atoms with Crippen molar-refractivity contribution in [2.45, 2.75) is 44.6 Å². The maximum absolute atomic E-state index is 12.6. The molecule has 4 rings (SSSR count). The van der Waals surface area contributed by atoms with Crippen molar-refractivity contribution in [2.75, 3.05) is 75.8 Å². The van der Waals surface area contributed by atoms with Gasteiger partial charge in [0.15, 0.2) is 11.0 Å². The number of aliphatic carboxylic acids is 1. The zero-order valence-electron chi connectivity index (χ0n) is 21.3. The van der Waals surface area contributed by atoms with Gasteiger partial charge >= 0.3 is 5.97 Å². The zero-order chi connectivity index (χ0) is 26.6. The van der Waals surface area contributed by atoms with E-state index in [9.17, 15) is 14.7 Å². The predicted molar refractivity (Wildman–Crippen MR) is 142 cm³/mol. The lowest BCUT2D eigenvalue weighted by molar-refractivity contribution is -0.158. The Balaban J connectivity index is 1.35. The summed E-state index contributed by atoms with van der Waals surface area (Å²) in [6, 6.07) is 0. The molecule has 0 atom stereocenters. The molecule has 1 amide bonds. The van der Waals surface area contributed by atoms with Crippen molar-refractivity contribution in [3.8, 4) is 0 Å². The number of carbonyl (C=O) groups is 2. The van der Waals surface area contributed by atoms with Crippen LogP contribution in [0, 0.1) is 5.41 Å². The fourth-order valence-electron chi connectivity index (χ4n) is 5.83. The second-order valence-electron chi connectivity index (χ2n) is 10.2. The molecule has 37 heavy (non-hydrogen) atoms. The van der Waals surface area contributed by atoms with Crippen LogP contribution in [-0.2, 0) is 14.3 Å². The maximum Gasteiger partial charge on any atom is 0.309 e. The minimum absolute atomic E-state index is 0.217. The van der Waals surface area contributed by atoms with Crippen LogP contribution in [0.4, 0.5) is 11.8 Å². The Labute approximate surface area is 227 Å². The molecule has 0 spiro atoms. The van der Waals surface area contributed by atoms with E-state index < -0.39 is 16.9 Å². The normalized spacial score (nSPS) is 27.7. The van der Waals surface area contributed by atoms with E-state index in [4.69, 9.17) is 33.7 Å². The van der Waals surface area contributed by atoms with Crippen LogP contribution < -0.4 is 16.0 Å². The Morgan fingerprint density at radius 2 is 1.70 bits per heavy atom. The Bertz CT molecular complexity index is 976. The maximum atomic E-state index is 12.6. The molecular weight excluding hydrogens is 521 g/mol. The van der Waals surface area contributed by atoms with Crippen molar-refractivity contribution in [3.63, 3.8) is 0 Å². The molecule has 13 heteroatoms. The van der Waals surface area contributed by atoms with Crippen LogP contribution >= 0.6 is 23.2 Å². The number of primary amides is 1. The third-order valence-corrected chi connectivity index (χ3v) is 8.99. The molecule has 0 bridgehead atoms. The Hall–Kier alpha value is -1.92. The Kier molecular flexibility index (Phi) is 9.00. The molecule has 3 aliphatic rings. The van der Waals surface area contributed by atoms with Crippen molar-refractivity contribution in [3.05, 3.63) is 10.2 Å². The van der Waals surface area contributed by atoms with E-state index in [0.29, 0.717) is 101 Å². The SMILES string of the molecule is CCNc1nc(Cl)c(Cl)c(N2CCN(CCC3(C(=O)O)CCC(C(N)=O)(N4CCOCC4)CC3)CC2)n1. The topological polar surface area (TPSA) is 137 Å². The number of piperazine rings is 1. The third kappa shape index (κ3) is 5.90. The first-order valence-electron chi connectivity index (χ1n) is 13.0. The summed E-state index contributed by atoms with van der Waals surface area (Å²) in [5.41, 5.74) is 4.25. The molecule has 11 nitrogen and oxygen atoms in total. The summed E-state index contributed by atoms with van der Waals surface area (Å²) in [5.74, 6) is -0.0913. The number of carboxylic acids is 1. The van der Waals surface area contributed by atoms with Crippen LogP contribution in [0.1, 0.15) is 39.0 Å². The first-order valence-corrected chi connectivity index (χ1v) is 13.8. The van der Waals surface area contributed by atoms with Gasteiger partial charge in [-0.25, -0.2) is 0 Å². The van der Waals surface area contributed by atoms with E-state index in [2.05, 4.69) is 30.0 Å². The molecule has 4 N–H and O–H groups in total. The van der Waals surface area contributed by atoms with Gasteiger partial charge in [0.25, 0.3) is 0 Å². The molecule has 0 aromatic carbocycles. The van der Waals surface area contributed by atoms with Gasteiger partial charge in [-0.1, -0.05) is 23.2 Å². The summed E-state index contributed by atoms with van der Waals surface area (Å²) in [6.07, 6.45) is 2.33. The monoisotopic (exact) mass is 557 g/mol. The van der Waals surface area contributed by atoms with Crippen LogP contribution in [0.15, 0.2) is 0 Å². The van der Waals surface area contributed by atoms with E-state index in [1.54, 1.807) is 0 Å². The number of aromatic nitrogens is 2. The number of halogens is 2. The first-order chi connectivity index (χ1) is 17.7. The molecule has 206 valence electrons. The second kappa shape index (κ2) is 11.9. The van der Waals surface area contributed by atoms with Crippen LogP contribution in [0.5, 0.6) is 0 Å². The molecule has 1 saturated carbocycles. The highest BCUT2D eigenvalue weighted by Gasteiger charge is 2.52. The number of amides is 1. The zero-order valence-corrected chi connectivity index (χ0v) is 22.9. The fraction of sp³-hybridized carbons (Fsp3) is 0.750. The Morgan fingerprint density at radius 1 is 1.05 bits per heavy atom. The number of morpholine rings is 1. The van der Waals surface area contributed by atoms with E-state index in [1.807, 2.05) is 6.92 Å². The van der Waals surface area contributed by atoms with Crippen LogP contribution in [0.25, 0.3) is 0 Å².